The maximum absolute atomic E-state index is 12.0. The summed E-state index contributed by atoms with van der Waals surface area (Å²) in [6, 6.07) is -1.46. The molecule has 9 nitrogen and oxygen atoms in total. The Bertz CT molecular complexity index is 650. The number of hydrogen-bond donors (Lipinski definition) is 4. The lowest BCUT2D eigenvalue weighted by atomic mass is 10.1. The van der Waals surface area contributed by atoms with Gasteiger partial charge in [0.05, 0.1) is 13.2 Å². The lowest BCUT2D eigenvalue weighted by molar-refractivity contribution is -0.147. The fourth-order valence-corrected chi connectivity index (χ4v) is 4.74. The van der Waals surface area contributed by atoms with E-state index in [9.17, 15) is 14.4 Å². The van der Waals surface area contributed by atoms with Gasteiger partial charge in [-0.25, -0.2) is 0 Å². The molecule has 0 spiro atoms. The molecule has 2 unspecified atom stereocenters. The van der Waals surface area contributed by atoms with Crippen molar-refractivity contribution in [3.63, 3.8) is 0 Å². The van der Waals surface area contributed by atoms with Crippen LogP contribution in [-0.4, -0.2) is 54.9 Å². The van der Waals surface area contributed by atoms with Gasteiger partial charge in [0.2, 0.25) is 0 Å². The molecule has 0 heterocycles. The number of carbonyl (C=O) groups excluding carboxylic acids is 2. The van der Waals surface area contributed by atoms with Crippen LogP contribution in [0.1, 0.15) is 174 Å². The summed E-state index contributed by atoms with van der Waals surface area (Å²) in [5.41, 5.74) is 16.3. The van der Waals surface area contributed by atoms with Crippen LogP contribution in [0.2, 0.25) is 0 Å². The van der Waals surface area contributed by atoms with Crippen LogP contribution in [0, 0.1) is 0 Å². The zero-order valence-electron chi connectivity index (χ0n) is 28.7. The Kier molecular flexibility index (Phi) is 36.1. The van der Waals surface area contributed by atoms with Gasteiger partial charge < -0.3 is 31.8 Å². The van der Waals surface area contributed by atoms with Gasteiger partial charge in [0, 0.05) is 6.42 Å². The number of carbonyl (C=O) groups is 3. The SMILES string of the molecule is CCCCCCCCCCCCOC(=O)CCC(N)C(=O)OCCCCCCCCCCCC.NCCCCC(N)C(=O)O. The van der Waals surface area contributed by atoms with Gasteiger partial charge in [0.25, 0.3) is 0 Å². The van der Waals surface area contributed by atoms with Crippen molar-refractivity contribution in [3.05, 3.63) is 0 Å². The maximum atomic E-state index is 12.0. The summed E-state index contributed by atoms with van der Waals surface area (Å²) in [6.45, 7) is 5.98. The lowest BCUT2D eigenvalue weighted by Gasteiger charge is -2.11. The highest BCUT2D eigenvalue weighted by atomic mass is 16.5. The topological polar surface area (TPSA) is 168 Å². The number of nitrogens with two attached hydrogens (primary N) is 3. The number of hydrogen-bond acceptors (Lipinski definition) is 8. The van der Waals surface area contributed by atoms with Crippen LogP contribution in [0.15, 0.2) is 0 Å². The predicted molar refractivity (Wildman–Crippen MR) is 181 cm³/mol. The zero-order chi connectivity index (χ0) is 33.1. The van der Waals surface area contributed by atoms with E-state index in [-0.39, 0.29) is 18.8 Å². The van der Waals surface area contributed by atoms with Gasteiger partial charge >= 0.3 is 17.9 Å². The van der Waals surface area contributed by atoms with Gasteiger partial charge in [-0.1, -0.05) is 136 Å². The Morgan fingerprint density at radius 1 is 0.545 bits per heavy atom. The lowest BCUT2D eigenvalue weighted by Crippen LogP contribution is -2.33. The van der Waals surface area contributed by atoms with Crippen molar-refractivity contribution in [2.45, 2.75) is 186 Å². The minimum absolute atomic E-state index is 0.173. The molecule has 0 saturated heterocycles. The average Bonchev–Trinajstić information content (AvgIpc) is 3.01. The molecule has 262 valence electrons. The summed E-state index contributed by atoms with van der Waals surface area (Å²) >= 11 is 0. The van der Waals surface area contributed by atoms with E-state index in [0.717, 1.165) is 38.5 Å². The smallest absolute Gasteiger partial charge is 0.322 e. The number of esters is 2. The molecule has 0 amide bonds. The second-order valence-corrected chi connectivity index (χ2v) is 12.1. The molecule has 0 saturated carbocycles. The molecular formula is C35H71N3O6. The first kappa shape index (κ1) is 44.4. The number of carboxylic acid groups (broad SMARTS) is 1. The molecule has 0 aromatic heterocycles. The van der Waals surface area contributed by atoms with E-state index >= 15 is 0 Å². The third kappa shape index (κ3) is 34.8. The normalized spacial score (nSPS) is 12.2. The summed E-state index contributed by atoms with van der Waals surface area (Å²) in [4.78, 5) is 34.0. The first-order chi connectivity index (χ1) is 21.3. The van der Waals surface area contributed by atoms with Crippen LogP contribution < -0.4 is 17.2 Å². The summed E-state index contributed by atoms with van der Waals surface area (Å²) in [6.07, 6.45) is 27.6. The van der Waals surface area contributed by atoms with Gasteiger partial charge in [-0.05, 0) is 38.6 Å². The minimum Gasteiger partial charge on any atom is -0.480 e. The van der Waals surface area contributed by atoms with E-state index < -0.39 is 24.0 Å². The summed E-state index contributed by atoms with van der Waals surface area (Å²) in [7, 11) is 0. The van der Waals surface area contributed by atoms with E-state index in [1.807, 2.05) is 0 Å². The zero-order valence-corrected chi connectivity index (χ0v) is 28.7. The number of carboxylic acids is 1. The third-order valence-electron chi connectivity index (χ3n) is 7.75. The van der Waals surface area contributed by atoms with Crippen LogP contribution in [0.25, 0.3) is 0 Å². The van der Waals surface area contributed by atoms with Crippen LogP contribution in [-0.2, 0) is 23.9 Å². The third-order valence-corrected chi connectivity index (χ3v) is 7.75. The maximum Gasteiger partial charge on any atom is 0.322 e. The minimum atomic E-state index is -0.933. The first-order valence-corrected chi connectivity index (χ1v) is 18.1. The molecule has 0 aliphatic rings. The van der Waals surface area contributed by atoms with Crippen molar-refractivity contribution in [2.75, 3.05) is 19.8 Å². The Morgan fingerprint density at radius 3 is 1.36 bits per heavy atom. The molecule has 0 aliphatic heterocycles. The van der Waals surface area contributed by atoms with Crippen LogP contribution >= 0.6 is 0 Å². The predicted octanol–water partition coefficient (Wildman–Crippen LogP) is 7.55. The second kappa shape index (κ2) is 35.8. The molecule has 2 atom stereocenters. The van der Waals surface area contributed by atoms with Gasteiger partial charge in [-0.3, -0.25) is 14.4 Å². The molecule has 0 aromatic rings. The number of ether oxygens (including phenoxy) is 2. The van der Waals surface area contributed by atoms with Crippen LogP contribution in [0.5, 0.6) is 0 Å². The highest BCUT2D eigenvalue weighted by molar-refractivity contribution is 5.77. The van der Waals surface area contributed by atoms with E-state index in [1.165, 1.54) is 103 Å². The van der Waals surface area contributed by atoms with Crippen LogP contribution in [0.4, 0.5) is 0 Å². The highest BCUT2D eigenvalue weighted by Gasteiger charge is 2.17. The fourth-order valence-electron chi connectivity index (χ4n) is 4.74. The highest BCUT2D eigenvalue weighted by Crippen LogP contribution is 2.12. The van der Waals surface area contributed by atoms with E-state index in [2.05, 4.69) is 13.8 Å². The van der Waals surface area contributed by atoms with Gasteiger partial charge in [-0.2, -0.15) is 0 Å². The largest absolute Gasteiger partial charge is 0.480 e. The number of rotatable bonds is 31. The van der Waals surface area contributed by atoms with Crippen molar-refractivity contribution in [1.29, 1.82) is 0 Å². The molecule has 0 radical (unpaired) electrons. The Labute approximate surface area is 270 Å². The summed E-state index contributed by atoms with van der Waals surface area (Å²) in [5.74, 6) is -1.61. The van der Waals surface area contributed by atoms with Gasteiger partial charge in [0.1, 0.15) is 12.1 Å². The summed E-state index contributed by atoms with van der Waals surface area (Å²) < 4.78 is 10.5. The Hall–Kier alpha value is -1.71. The molecule has 0 bridgehead atoms. The molecule has 0 aliphatic carbocycles. The van der Waals surface area contributed by atoms with E-state index in [4.69, 9.17) is 31.8 Å². The van der Waals surface area contributed by atoms with Crippen molar-refractivity contribution in [2.24, 2.45) is 17.2 Å². The van der Waals surface area contributed by atoms with E-state index in [1.54, 1.807) is 0 Å². The Morgan fingerprint density at radius 2 is 0.955 bits per heavy atom. The number of aliphatic carboxylic acids is 1. The fraction of sp³-hybridized carbons (Fsp3) is 0.914. The molecular weight excluding hydrogens is 558 g/mol. The molecule has 0 fully saturated rings. The van der Waals surface area contributed by atoms with E-state index in [0.29, 0.717) is 26.2 Å². The average molecular weight is 630 g/mol. The first-order valence-electron chi connectivity index (χ1n) is 18.1. The van der Waals surface area contributed by atoms with Crippen molar-refractivity contribution in [1.82, 2.24) is 0 Å². The van der Waals surface area contributed by atoms with Crippen molar-refractivity contribution < 1.29 is 29.0 Å². The molecule has 7 N–H and O–H groups in total. The van der Waals surface area contributed by atoms with Crippen molar-refractivity contribution in [3.8, 4) is 0 Å². The second-order valence-electron chi connectivity index (χ2n) is 12.1. The monoisotopic (exact) mass is 630 g/mol. The molecule has 9 heteroatoms. The quantitative estimate of drug-likeness (QED) is 0.0447. The van der Waals surface area contributed by atoms with Gasteiger partial charge in [0.15, 0.2) is 0 Å². The molecule has 0 aromatic carbocycles. The van der Waals surface area contributed by atoms with Gasteiger partial charge in [-0.15, -0.1) is 0 Å². The number of unbranched alkanes of at least 4 members (excludes halogenated alkanes) is 19. The van der Waals surface area contributed by atoms with Crippen LogP contribution in [0.3, 0.4) is 0 Å². The molecule has 44 heavy (non-hydrogen) atoms. The Balaban J connectivity index is 0. The molecule has 0 rings (SSSR count). The standard InChI is InChI=1S/C29H57NO4.C6H14N2O2/c1-3-5-7-9-11-13-15-17-19-21-25-33-28(31)24-23-27(30)29(32)34-26-22-20-18-16-14-12-10-8-6-4-2;7-4-2-1-3-5(8)6(9)10/h27H,3-26,30H2,1-2H3;5H,1-4,7-8H2,(H,9,10). The van der Waals surface area contributed by atoms with Crippen molar-refractivity contribution >= 4 is 17.9 Å². The summed E-state index contributed by atoms with van der Waals surface area (Å²) in [5, 5.41) is 8.33.